The summed E-state index contributed by atoms with van der Waals surface area (Å²) >= 11 is 12.7. The number of piperazine rings is 1. The SMILES string of the molecule is COC(=O)CC1CCN(Cc2cc(Oc3cnc(N4CCN(CCC(C)S(C)(=O)=O)CC4)nc3)nc(-c3cc(Cl)cc(Cl)c3)c2)CC1. The number of sulfone groups is 1. The Morgan fingerprint density at radius 2 is 1.62 bits per heavy atom. The maximum absolute atomic E-state index is 11.8. The van der Waals surface area contributed by atoms with Gasteiger partial charge in [0.15, 0.2) is 5.75 Å². The fourth-order valence-electron chi connectivity index (χ4n) is 5.87. The van der Waals surface area contributed by atoms with Gasteiger partial charge in [-0.1, -0.05) is 23.2 Å². The number of rotatable bonds is 12. The van der Waals surface area contributed by atoms with Gasteiger partial charge < -0.3 is 14.4 Å². The smallest absolute Gasteiger partial charge is 0.305 e. The van der Waals surface area contributed by atoms with Crippen LogP contribution in [-0.4, -0.2) is 104 Å². The molecule has 0 N–H and O–H groups in total. The lowest BCUT2D eigenvalue weighted by molar-refractivity contribution is -0.142. The van der Waals surface area contributed by atoms with Crippen LogP contribution in [0.1, 0.15) is 38.2 Å². The van der Waals surface area contributed by atoms with Crippen molar-refractivity contribution in [1.29, 1.82) is 0 Å². The number of pyridine rings is 1. The maximum atomic E-state index is 11.8. The summed E-state index contributed by atoms with van der Waals surface area (Å²) in [4.78, 5) is 32.4. The molecule has 0 amide bonds. The Labute approximate surface area is 287 Å². The minimum absolute atomic E-state index is 0.155. The number of likely N-dealkylation sites (tertiary alicyclic amines) is 1. The van der Waals surface area contributed by atoms with Crippen molar-refractivity contribution in [2.75, 3.05) is 64.1 Å². The number of benzene rings is 1. The van der Waals surface area contributed by atoms with Crippen LogP contribution in [0.25, 0.3) is 11.3 Å². The molecule has 0 spiro atoms. The molecular weight excluding hydrogens is 663 g/mol. The molecule has 47 heavy (non-hydrogen) atoms. The first-order chi connectivity index (χ1) is 22.4. The molecule has 254 valence electrons. The summed E-state index contributed by atoms with van der Waals surface area (Å²) in [7, 11) is -1.59. The quantitative estimate of drug-likeness (QED) is 0.227. The summed E-state index contributed by atoms with van der Waals surface area (Å²) in [5.74, 6) is 1.67. The monoisotopic (exact) mass is 704 g/mol. The summed E-state index contributed by atoms with van der Waals surface area (Å²) in [6.45, 7) is 8.09. The number of methoxy groups -OCH3 is 1. The molecule has 0 aliphatic carbocycles. The van der Waals surface area contributed by atoms with Crippen molar-refractivity contribution in [2.24, 2.45) is 5.92 Å². The molecule has 11 nitrogen and oxygen atoms in total. The van der Waals surface area contributed by atoms with E-state index in [0.29, 0.717) is 58.6 Å². The molecular formula is C33H42Cl2N6O5S. The first-order valence-corrected chi connectivity index (χ1v) is 18.6. The van der Waals surface area contributed by atoms with Crippen LogP contribution in [0.4, 0.5) is 5.95 Å². The summed E-state index contributed by atoms with van der Waals surface area (Å²) < 4.78 is 34.6. The van der Waals surface area contributed by atoms with Gasteiger partial charge in [0.2, 0.25) is 11.8 Å². The summed E-state index contributed by atoms with van der Waals surface area (Å²) in [5, 5.41) is 0.689. The molecule has 1 unspecified atom stereocenters. The van der Waals surface area contributed by atoms with Crippen LogP contribution >= 0.6 is 23.2 Å². The van der Waals surface area contributed by atoms with E-state index < -0.39 is 9.84 Å². The third-order valence-electron chi connectivity index (χ3n) is 8.89. The number of aromatic nitrogens is 3. The number of halogens is 2. The highest BCUT2D eigenvalue weighted by Crippen LogP contribution is 2.31. The van der Waals surface area contributed by atoms with E-state index >= 15 is 0 Å². The highest BCUT2D eigenvalue weighted by molar-refractivity contribution is 7.91. The fraction of sp³-hybridized carbons (Fsp3) is 0.515. The van der Waals surface area contributed by atoms with Gasteiger partial charge in [0, 0.05) is 67.1 Å². The van der Waals surface area contributed by atoms with Crippen molar-refractivity contribution < 1.29 is 22.7 Å². The predicted octanol–water partition coefficient (Wildman–Crippen LogP) is 5.36. The molecule has 0 saturated carbocycles. The summed E-state index contributed by atoms with van der Waals surface area (Å²) in [5.41, 5.74) is 2.49. The number of ether oxygens (including phenoxy) is 2. The first kappa shape index (κ1) is 35.3. The molecule has 5 rings (SSSR count). The summed E-state index contributed by atoms with van der Waals surface area (Å²) in [6, 6.07) is 9.28. The lowest BCUT2D eigenvalue weighted by Gasteiger charge is -2.35. The van der Waals surface area contributed by atoms with Crippen LogP contribution in [0.15, 0.2) is 42.7 Å². The van der Waals surface area contributed by atoms with Crippen LogP contribution in [0, 0.1) is 5.92 Å². The molecule has 2 saturated heterocycles. The van der Waals surface area contributed by atoms with Crippen molar-refractivity contribution >= 4 is 45.0 Å². The molecule has 2 aliphatic rings. The molecule has 1 atom stereocenters. The molecule has 2 aliphatic heterocycles. The average molecular weight is 706 g/mol. The maximum Gasteiger partial charge on any atom is 0.305 e. The van der Waals surface area contributed by atoms with Crippen LogP contribution in [0.2, 0.25) is 10.0 Å². The molecule has 2 aromatic heterocycles. The lowest BCUT2D eigenvalue weighted by Crippen LogP contribution is -2.47. The molecule has 14 heteroatoms. The van der Waals surface area contributed by atoms with Gasteiger partial charge in [0.25, 0.3) is 0 Å². The van der Waals surface area contributed by atoms with Crippen molar-refractivity contribution in [3.63, 3.8) is 0 Å². The zero-order valence-corrected chi connectivity index (χ0v) is 29.4. The molecule has 0 radical (unpaired) electrons. The van der Waals surface area contributed by atoms with E-state index in [1.165, 1.54) is 13.4 Å². The fourth-order valence-corrected chi connectivity index (χ4v) is 6.93. The Balaban J connectivity index is 1.24. The Morgan fingerprint density at radius 1 is 0.957 bits per heavy atom. The molecule has 1 aromatic carbocycles. The Kier molecular flexibility index (Phi) is 11.9. The van der Waals surface area contributed by atoms with Crippen molar-refractivity contribution in [3.05, 3.63) is 58.3 Å². The van der Waals surface area contributed by atoms with Gasteiger partial charge in [-0.25, -0.2) is 23.4 Å². The van der Waals surface area contributed by atoms with Gasteiger partial charge in [-0.2, -0.15) is 0 Å². The van der Waals surface area contributed by atoms with Crippen LogP contribution in [-0.2, 0) is 25.9 Å². The van der Waals surface area contributed by atoms with Gasteiger partial charge in [0.1, 0.15) is 9.84 Å². The molecule has 3 aromatic rings. The minimum atomic E-state index is -3.02. The minimum Gasteiger partial charge on any atom is -0.469 e. The van der Waals surface area contributed by atoms with Gasteiger partial charge in [0.05, 0.1) is 30.4 Å². The average Bonchev–Trinajstić information content (AvgIpc) is 3.04. The largest absolute Gasteiger partial charge is 0.469 e. The number of esters is 1. The molecule has 0 bridgehead atoms. The number of carbonyl (C=O) groups excluding carboxylic acids is 1. The number of hydrogen-bond acceptors (Lipinski definition) is 11. The second-order valence-corrected chi connectivity index (χ2v) is 15.8. The van der Waals surface area contributed by atoms with Crippen LogP contribution in [0.5, 0.6) is 11.6 Å². The van der Waals surface area contributed by atoms with Gasteiger partial charge in [-0.3, -0.25) is 14.6 Å². The van der Waals surface area contributed by atoms with Crippen LogP contribution in [0.3, 0.4) is 0 Å². The molecule has 4 heterocycles. The van der Waals surface area contributed by atoms with E-state index in [1.807, 2.05) is 24.3 Å². The van der Waals surface area contributed by atoms with Crippen molar-refractivity contribution in [3.8, 4) is 22.9 Å². The van der Waals surface area contributed by atoms with E-state index in [2.05, 4.69) is 24.7 Å². The third-order valence-corrected chi connectivity index (χ3v) is 11.0. The van der Waals surface area contributed by atoms with Crippen molar-refractivity contribution in [1.82, 2.24) is 24.8 Å². The Morgan fingerprint density at radius 3 is 2.23 bits per heavy atom. The zero-order chi connectivity index (χ0) is 33.6. The highest BCUT2D eigenvalue weighted by Gasteiger charge is 2.24. The Hall–Kier alpha value is -3.03. The van der Waals surface area contributed by atoms with E-state index in [0.717, 1.165) is 69.8 Å². The summed E-state index contributed by atoms with van der Waals surface area (Å²) in [6.07, 6.45) is 7.54. The van der Waals surface area contributed by atoms with Gasteiger partial charge in [-0.05, 0) is 81.6 Å². The second kappa shape index (κ2) is 15.9. The second-order valence-electron chi connectivity index (χ2n) is 12.4. The van der Waals surface area contributed by atoms with Gasteiger partial charge >= 0.3 is 5.97 Å². The number of hydrogen-bond donors (Lipinski definition) is 0. The lowest BCUT2D eigenvalue weighted by atomic mass is 9.93. The van der Waals surface area contributed by atoms with Crippen molar-refractivity contribution in [2.45, 2.75) is 44.4 Å². The predicted molar refractivity (Wildman–Crippen MR) is 184 cm³/mol. The normalized spacial score (nSPS) is 17.4. The topological polar surface area (TPSA) is 118 Å². The zero-order valence-electron chi connectivity index (χ0n) is 27.1. The van der Waals surface area contributed by atoms with Crippen LogP contribution < -0.4 is 9.64 Å². The molecule has 2 fully saturated rings. The standard InChI is InChI=1S/C33H42Cl2N6O5S/c1-23(47(3,43)44)4-7-39-10-12-41(13-11-39)33-36-20-29(21-37-33)46-31-15-25(14-30(38-31)26-17-27(34)19-28(35)18-26)22-40-8-5-24(6-9-40)16-32(42)45-2/h14-15,17-21,23-24H,4-13,16,22H2,1-3H3. The number of piperidine rings is 1. The first-order valence-electron chi connectivity index (χ1n) is 15.9. The highest BCUT2D eigenvalue weighted by atomic mass is 35.5. The third kappa shape index (κ3) is 10.2. The van der Waals surface area contributed by atoms with Gasteiger partial charge in [-0.15, -0.1) is 0 Å². The number of anilines is 1. The van der Waals surface area contributed by atoms with E-state index in [-0.39, 0.29) is 11.2 Å². The Bertz CT molecular complexity index is 1610. The number of nitrogens with zero attached hydrogens (tertiary/aromatic N) is 6. The number of carbonyl (C=O) groups is 1. The van der Waals surface area contributed by atoms with E-state index in [4.69, 9.17) is 37.7 Å². The van der Waals surface area contributed by atoms with E-state index in [1.54, 1.807) is 25.4 Å². The van der Waals surface area contributed by atoms with E-state index in [9.17, 15) is 13.2 Å².